The number of carbonyl (C=O) groups excluding carboxylic acids is 2. The third-order valence-corrected chi connectivity index (χ3v) is 4.49. The lowest BCUT2D eigenvalue weighted by atomic mass is 9.93. The van der Waals surface area contributed by atoms with Crippen LogP contribution in [0, 0.1) is 11.8 Å². The molecule has 7 nitrogen and oxygen atoms in total. The van der Waals surface area contributed by atoms with Crippen LogP contribution in [0.25, 0.3) is 0 Å². The Morgan fingerprint density at radius 3 is 1.86 bits per heavy atom. The smallest absolute Gasteiger partial charge is 0.319 e. The molecule has 2 saturated heterocycles. The summed E-state index contributed by atoms with van der Waals surface area (Å²) in [6.45, 7) is 2.32. The molecule has 0 aliphatic carbocycles. The number of rotatable bonds is 3. The number of amides is 3. The van der Waals surface area contributed by atoms with E-state index < -0.39 is 5.97 Å². The number of carboxylic acids is 1. The molecule has 0 bridgehead atoms. The molecule has 7 heteroatoms. The van der Waals surface area contributed by atoms with E-state index in [1.165, 1.54) is 0 Å². The van der Waals surface area contributed by atoms with Gasteiger partial charge in [0, 0.05) is 32.6 Å². The van der Waals surface area contributed by atoms with E-state index in [9.17, 15) is 14.4 Å². The molecule has 0 aromatic carbocycles. The number of aliphatic carboxylic acids is 1. The van der Waals surface area contributed by atoms with Crippen LogP contribution in [0.4, 0.5) is 4.79 Å². The van der Waals surface area contributed by atoms with Crippen LogP contribution in [0.2, 0.25) is 0 Å². The summed E-state index contributed by atoms with van der Waals surface area (Å²) in [5, 5.41) is 8.96. The van der Waals surface area contributed by atoms with Gasteiger partial charge in [-0.25, -0.2) is 4.79 Å². The highest BCUT2D eigenvalue weighted by molar-refractivity contribution is 5.76. The van der Waals surface area contributed by atoms with Gasteiger partial charge in [-0.3, -0.25) is 9.59 Å². The Balaban J connectivity index is 1.77. The summed E-state index contributed by atoms with van der Waals surface area (Å²) in [5.74, 6) is -1.09. The van der Waals surface area contributed by atoms with Crippen LogP contribution in [0.5, 0.6) is 0 Å². The second-order valence-electron chi connectivity index (χ2n) is 5.98. The van der Waals surface area contributed by atoms with Gasteiger partial charge in [0.15, 0.2) is 0 Å². The van der Waals surface area contributed by atoms with Crippen LogP contribution in [0.15, 0.2) is 0 Å². The lowest BCUT2D eigenvalue weighted by Gasteiger charge is -2.38. The Labute approximate surface area is 124 Å². The van der Waals surface area contributed by atoms with Crippen molar-refractivity contribution in [1.82, 2.24) is 9.80 Å². The Morgan fingerprint density at radius 1 is 0.952 bits per heavy atom. The van der Waals surface area contributed by atoms with Gasteiger partial charge < -0.3 is 20.6 Å². The minimum Gasteiger partial charge on any atom is -0.481 e. The highest BCUT2D eigenvalue weighted by atomic mass is 16.4. The third kappa shape index (κ3) is 4.09. The average molecular weight is 297 g/mol. The maximum absolute atomic E-state index is 12.4. The van der Waals surface area contributed by atoms with Gasteiger partial charge in [-0.05, 0) is 31.6 Å². The van der Waals surface area contributed by atoms with Gasteiger partial charge in [0.1, 0.15) is 0 Å². The number of nitrogens with two attached hydrogens (primary N) is 1. The van der Waals surface area contributed by atoms with E-state index in [1.807, 2.05) is 0 Å². The molecule has 2 fully saturated rings. The van der Waals surface area contributed by atoms with Gasteiger partial charge in [0.25, 0.3) is 0 Å². The first-order chi connectivity index (χ1) is 9.97. The van der Waals surface area contributed by atoms with Crippen LogP contribution < -0.4 is 5.73 Å². The van der Waals surface area contributed by atoms with E-state index >= 15 is 0 Å². The van der Waals surface area contributed by atoms with Crippen LogP contribution in [-0.2, 0) is 9.59 Å². The van der Waals surface area contributed by atoms with Crippen molar-refractivity contribution in [3.63, 3.8) is 0 Å². The maximum Gasteiger partial charge on any atom is 0.319 e. The Kier molecular flexibility index (Phi) is 5.03. The summed E-state index contributed by atoms with van der Waals surface area (Å²) in [5.41, 5.74) is 5.20. The van der Waals surface area contributed by atoms with E-state index in [-0.39, 0.29) is 23.8 Å². The molecule has 2 heterocycles. The average Bonchev–Trinajstić information content (AvgIpc) is 2.47. The van der Waals surface area contributed by atoms with Crippen molar-refractivity contribution in [2.45, 2.75) is 32.1 Å². The zero-order valence-electron chi connectivity index (χ0n) is 12.2. The van der Waals surface area contributed by atoms with Crippen LogP contribution in [-0.4, -0.2) is 59.0 Å². The fourth-order valence-electron chi connectivity index (χ4n) is 3.13. The molecule has 3 amide bonds. The van der Waals surface area contributed by atoms with Crippen LogP contribution in [0.3, 0.4) is 0 Å². The molecule has 2 aliphatic rings. The molecule has 21 heavy (non-hydrogen) atoms. The van der Waals surface area contributed by atoms with Crippen molar-refractivity contribution in [2.75, 3.05) is 26.2 Å². The fraction of sp³-hybridized carbons (Fsp3) is 0.786. The second kappa shape index (κ2) is 6.78. The first kappa shape index (κ1) is 15.6. The number of carbonyl (C=O) groups is 3. The summed E-state index contributed by atoms with van der Waals surface area (Å²) < 4.78 is 0. The number of piperidine rings is 2. The molecular formula is C14H23N3O4. The van der Waals surface area contributed by atoms with Gasteiger partial charge in [0.2, 0.25) is 5.91 Å². The minimum atomic E-state index is -0.769. The van der Waals surface area contributed by atoms with Gasteiger partial charge in [-0.1, -0.05) is 0 Å². The summed E-state index contributed by atoms with van der Waals surface area (Å²) in [4.78, 5) is 37.7. The number of primary amides is 1. The Hall–Kier alpha value is -1.79. The molecule has 0 radical (unpaired) electrons. The molecule has 3 N–H and O–H groups in total. The molecule has 0 aromatic heterocycles. The van der Waals surface area contributed by atoms with Crippen molar-refractivity contribution < 1.29 is 19.5 Å². The molecule has 2 aliphatic heterocycles. The molecule has 0 saturated carbocycles. The van der Waals surface area contributed by atoms with Crippen molar-refractivity contribution in [3.05, 3.63) is 0 Å². The number of likely N-dealkylation sites (tertiary alicyclic amines) is 2. The zero-order chi connectivity index (χ0) is 15.4. The normalized spacial score (nSPS) is 21.3. The molecule has 0 aromatic rings. The van der Waals surface area contributed by atoms with Gasteiger partial charge in [-0.15, -0.1) is 0 Å². The first-order valence-corrected chi connectivity index (χ1v) is 7.52. The van der Waals surface area contributed by atoms with E-state index in [4.69, 9.17) is 10.8 Å². The van der Waals surface area contributed by atoms with Gasteiger partial charge in [-0.2, -0.15) is 0 Å². The summed E-state index contributed by atoms with van der Waals surface area (Å²) in [6, 6.07) is -0.00337. The largest absolute Gasteiger partial charge is 0.481 e. The first-order valence-electron chi connectivity index (χ1n) is 7.52. The number of hydrogen-bond donors (Lipinski definition) is 2. The predicted octanol–water partition coefficient (Wildman–Crippen LogP) is 0.490. The number of urea groups is 1. The van der Waals surface area contributed by atoms with Crippen molar-refractivity contribution in [1.29, 1.82) is 0 Å². The standard InChI is InChI=1S/C14H23N3O4/c15-12(18)9-10-1-5-16(6-2-10)14(21)17-7-3-11(4-8-17)13(19)20/h10-11H,1-9H2,(H2,15,18)(H,19,20). The van der Waals surface area contributed by atoms with E-state index in [2.05, 4.69) is 0 Å². The number of carboxylic acid groups (broad SMARTS) is 1. The second-order valence-corrected chi connectivity index (χ2v) is 5.98. The third-order valence-electron chi connectivity index (χ3n) is 4.49. The van der Waals surface area contributed by atoms with Crippen molar-refractivity contribution in [2.24, 2.45) is 17.6 Å². The monoisotopic (exact) mass is 297 g/mol. The molecular weight excluding hydrogens is 274 g/mol. The Morgan fingerprint density at radius 2 is 1.43 bits per heavy atom. The number of hydrogen-bond acceptors (Lipinski definition) is 3. The fourth-order valence-corrected chi connectivity index (χ4v) is 3.13. The van der Waals surface area contributed by atoms with E-state index in [1.54, 1.807) is 9.80 Å². The lowest BCUT2D eigenvalue weighted by molar-refractivity contribution is -0.143. The molecule has 118 valence electrons. The topological polar surface area (TPSA) is 104 Å². The van der Waals surface area contributed by atoms with E-state index in [0.717, 1.165) is 12.8 Å². The van der Waals surface area contributed by atoms with Crippen LogP contribution >= 0.6 is 0 Å². The molecule has 2 rings (SSSR count). The minimum absolute atomic E-state index is 0.00337. The SMILES string of the molecule is NC(=O)CC1CCN(C(=O)N2CCC(C(=O)O)CC2)CC1. The summed E-state index contributed by atoms with van der Waals surface area (Å²) in [6.07, 6.45) is 3.06. The zero-order valence-corrected chi connectivity index (χ0v) is 12.2. The predicted molar refractivity (Wildman–Crippen MR) is 75.4 cm³/mol. The van der Waals surface area contributed by atoms with Gasteiger partial charge in [0.05, 0.1) is 5.92 Å². The highest BCUT2D eigenvalue weighted by Crippen LogP contribution is 2.23. The number of nitrogens with zero attached hydrogens (tertiary/aromatic N) is 2. The van der Waals surface area contributed by atoms with Crippen LogP contribution in [0.1, 0.15) is 32.1 Å². The molecule has 0 spiro atoms. The van der Waals surface area contributed by atoms with Crippen molar-refractivity contribution >= 4 is 17.9 Å². The molecule has 0 unspecified atom stereocenters. The molecule has 0 atom stereocenters. The Bertz CT molecular complexity index is 410. The summed E-state index contributed by atoms with van der Waals surface area (Å²) >= 11 is 0. The summed E-state index contributed by atoms with van der Waals surface area (Å²) in [7, 11) is 0. The lowest BCUT2D eigenvalue weighted by Crippen LogP contribution is -2.49. The van der Waals surface area contributed by atoms with Crippen molar-refractivity contribution in [3.8, 4) is 0 Å². The van der Waals surface area contributed by atoms with Gasteiger partial charge >= 0.3 is 12.0 Å². The highest BCUT2D eigenvalue weighted by Gasteiger charge is 2.31. The maximum atomic E-state index is 12.4. The van der Waals surface area contributed by atoms with E-state index in [0.29, 0.717) is 45.4 Å². The quantitative estimate of drug-likeness (QED) is 0.791.